The molecule has 0 aliphatic carbocycles. The SMILES string of the molecule is CCCCCn1cc(C(C)(C)C)n(Cc2ccc(-c3ccccc3C(=O)O)cc2)c1=O. The van der Waals surface area contributed by atoms with Crippen LogP contribution in [0.1, 0.15) is 68.6 Å². The van der Waals surface area contributed by atoms with Crippen LogP contribution in [0.15, 0.2) is 59.5 Å². The second kappa shape index (κ2) is 9.38. The minimum absolute atomic E-state index is 0.0290. The largest absolute Gasteiger partial charge is 0.478 e. The van der Waals surface area contributed by atoms with Crippen LogP contribution in [0.4, 0.5) is 0 Å². The van der Waals surface area contributed by atoms with Crippen LogP contribution in [-0.4, -0.2) is 20.2 Å². The lowest BCUT2D eigenvalue weighted by atomic mass is 9.92. The molecule has 3 aromatic rings. The van der Waals surface area contributed by atoms with E-state index in [1.165, 1.54) is 0 Å². The Morgan fingerprint density at radius 1 is 1.00 bits per heavy atom. The zero-order valence-corrected chi connectivity index (χ0v) is 18.9. The van der Waals surface area contributed by atoms with E-state index in [1.54, 1.807) is 12.1 Å². The molecule has 1 heterocycles. The molecule has 0 amide bonds. The van der Waals surface area contributed by atoms with Crippen LogP contribution in [0.25, 0.3) is 11.1 Å². The van der Waals surface area contributed by atoms with Crippen molar-refractivity contribution in [3.63, 3.8) is 0 Å². The third-order valence-electron chi connectivity index (χ3n) is 5.58. The highest BCUT2D eigenvalue weighted by molar-refractivity contribution is 5.95. The van der Waals surface area contributed by atoms with E-state index in [2.05, 4.69) is 27.7 Å². The zero-order chi connectivity index (χ0) is 22.6. The molecule has 0 radical (unpaired) electrons. The molecule has 1 aromatic heterocycles. The van der Waals surface area contributed by atoms with E-state index in [-0.39, 0.29) is 16.7 Å². The first-order valence-electron chi connectivity index (χ1n) is 10.9. The Morgan fingerprint density at radius 3 is 2.29 bits per heavy atom. The molecule has 31 heavy (non-hydrogen) atoms. The monoisotopic (exact) mass is 420 g/mol. The van der Waals surface area contributed by atoms with Crippen molar-refractivity contribution in [2.45, 2.75) is 65.5 Å². The molecule has 3 rings (SSSR count). The van der Waals surface area contributed by atoms with Crippen molar-refractivity contribution in [3.05, 3.63) is 82.0 Å². The van der Waals surface area contributed by atoms with Gasteiger partial charge in [0.05, 0.1) is 12.1 Å². The van der Waals surface area contributed by atoms with Crippen molar-refractivity contribution in [3.8, 4) is 11.1 Å². The second-order valence-corrected chi connectivity index (χ2v) is 9.08. The number of hydrogen-bond donors (Lipinski definition) is 1. The van der Waals surface area contributed by atoms with Gasteiger partial charge in [-0.15, -0.1) is 0 Å². The first kappa shape index (κ1) is 22.6. The first-order valence-corrected chi connectivity index (χ1v) is 10.9. The molecule has 0 unspecified atom stereocenters. The summed E-state index contributed by atoms with van der Waals surface area (Å²) in [6.07, 6.45) is 5.25. The fraction of sp³-hybridized carbons (Fsp3) is 0.385. The Bertz CT molecular complexity index is 1100. The molecule has 0 atom stereocenters. The number of imidazole rings is 1. The number of nitrogens with zero attached hydrogens (tertiary/aromatic N) is 2. The number of carbonyl (C=O) groups is 1. The van der Waals surface area contributed by atoms with Gasteiger partial charge in [-0.25, -0.2) is 9.59 Å². The number of rotatable bonds is 8. The molecule has 0 aliphatic heterocycles. The molecule has 1 N–H and O–H groups in total. The number of aromatic carboxylic acids is 1. The third-order valence-corrected chi connectivity index (χ3v) is 5.58. The number of hydrogen-bond acceptors (Lipinski definition) is 2. The summed E-state index contributed by atoms with van der Waals surface area (Å²) in [5, 5.41) is 9.45. The van der Waals surface area contributed by atoms with E-state index in [4.69, 9.17) is 0 Å². The number of carboxylic acids is 1. The van der Waals surface area contributed by atoms with Gasteiger partial charge in [0.1, 0.15) is 0 Å². The average molecular weight is 421 g/mol. The molecule has 5 heteroatoms. The van der Waals surface area contributed by atoms with Crippen molar-refractivity contribution in [1.29, 1.82) is 0 Å². The van der Waals surface area contributed by atoms with E-state index in [1.807, 2.05) is 51.7 Å². The maximum Gasteiger partial charge on any atom is 0.336 e. The number of carboxylic acid groups (broad SMARTS) is 1. The van der Waals surface area contributed by atoms with Gasteiger partial charge < -0.3 is 5.11 Å². The van der Waals surface area contributed by atoms with Crippen molar-refractivity contribution in [2.75, 3.05) is 0 Å². The van der Waals surface area contributed by atoms with Gasteiger partial charge in [-0.05, 0) is 29.2 Å². The van der Waals surface area contributed by atoms with Crippen LogP contribution in [0.5, 0.6) is 0 Å². The molecule has 2 aromatic carbocycles. The van der Waals surface area contributed by atoms with Crippen molar-refractivity contribution < 1.29 is 9.90 Å². The van der Waals surface area contributed by atoms with E-state index in [9.17, 15) is 14.7 Å². The highest BCUT2D eigenvalue weighted by atomic mass is 16.4. The predicted molar refractivity (Wildman–Crippen MR) is 125 cm³/mol. The Labute approximate surface area is 184 Å². The summed E-state index contributed by atoms with van der Waals surface area (Å²) in [5.41, 5.74) is 3.74. The highest BCUT2D eigenvalue weighted by Crippen LogP contribution is 2.26. The molecular weight excluding hydrogens is 388 g/mol. The van der Waals surface area contributed by atoms with Crippen LogP contribution < -0.4 is 5.69 Å². The van der Waals surface area contributed by atoms with Gasteiger partial charge in [-0.3, -0.25) is 9.13 Å². The summed E-state index contributed by atoms with van der Waals surface area (Å²) in [6.45, 7) is 9.77. The van der Waals surface area contributed by atoms with Crippen LogP contribution in [0, 0.1) is 0 Å². The Hall–Kier alpha value is -3.08. The Morgan fingerprint density at radius 2 is 1.68 bits per heavy atom. The first-order chi connectivity index (χ1) is 14.7. The van der Waals surface area contributed by atoms with Gasteiger partial charge in [0.2, 0.25) is 0 Å². The van der Waals surface area contributed by atoms with Gasteiger partial charge in [-0.1, -0.05) is 83.0 Å². The third kappa shape index (κ3) is 5.16. The van der Waals surface area contributed by atoms with Crippen LogP contribution >= 0.6 is 0 Å². The molecule has 0 saturated heterocycles. The maximum absolute atomic E-state index is 13.1. The van der Waals surface area contributed by atoms with Crippen molar-refractivity contribution in [2.24, 2.45) is 0 Å². The van der Waals surface area contributed by atoms with E-state index in [0.717, 1.165) is 42.6 Å². The highest BCUT2D eigenvalue weighted by Gasteiger charge is 2.22. The summed E-state index contributed by atoms with van der Waals surface area (Å²) >= 11 is 0. The molecule has 0 saturated carbocycles. The minimum Gasteiger partial charge on any atom is -0.478 e. The van der Waals surface area contributed by atoms with Gasteiger partial charge in [0, 0.05) is 23.9 Å². The molecule has 0 spiro atoms. The molecule has 164 valence electrons. The van der Waals surface area contributed by atoms with E-state index >= 15 is 0 Å². The maximum atomic E-state index is 13.1. The molecule has 5 nitrogen and oxygen atoms in total. The Balaban J connectivity index is 1.91. The zero-order valence-electron chi connectivity index (χ0n) is 18.9. The van der Waals surface area contributed by atoms with Gasteiger partial charge in [0.15, 0.2) is 0 Å². The number of unbranched alkanes of at least 4 members (excludes halogenated alkanes) is 2. The second-order valence-electron chi connectivity index (χ2n) is 9.08. The van der Waals surface area contributed by atoms with Gasteiger partial charge in [0.25, 0.3) is 0 Å². The van der Waals surface area contributed by atoms with Crippen molar-refractivity contribution >= 4 is 5.97 Å². The standard InChI is InChI=1S/C26H32N2O3/c1-5-6-9-16-27-18-23(26(2,3)4)28(25(27)31)17-19-12-14-20(15-13-19)21-10-7-8-11-22(21)24(29)30/h7-8,10-15,18H,5-6,9,16-17H2,1-4H3,(H,29,30). The fourth-order valence-corrected chi connectivity index (χ4v) is 3.87. The van der Waals surface area contributed by atoms with Gasteiger partial charge >= 0.3 is 11.7 Å². The lowest BCUT2D eigenvalue weighted by Crippen LogP contribution is -2.28. The lowest BCUT2D eigenvalue weighted by molar-refractivity contribution is 0.0697. The summed E-state index contributed by atoms with van der Waals surface area (Å²) in [5.74, 6) is -0.939. The van der Waals surface area contributed by atoms with Gasteiger partial charge in [-0.2, -0.15) is 0 Å². The molecule has 0 bridgehead atoms. The number of benzene rings is 2. The quantitative estimate of drug-likeness (QED) is 0.486. The summed E-state index contributed by atoms with van der Waals surface area (Å²) in [6, 6.07) is 14.8. The predicted octanol–water partition coefficient (Wildman–Crippen LogP) is 5.55. The lowest BCUT2D eigenvalue weighted by Gasteiger charge is -2.20. The number of aromatic nitrogens is 2. The fourth-order valence-electron chi connectivity index (χ4n) is 3.87. The van der Waals surface area contributed by atoms with Crippen LogP contribution in [0.3, 0.4) is 0 Å². The van der Waals surface area contributed by atoms with Crippen LogP contribution in [-0.2, 0) is 18.5 Å². The summed E-state index contributed by atoms with van der Waals surface area (Å²) in [4.78, 5) is 24.6. The molecular formula is C26H32N2O3. The topological polar surface area (TPSA) is 64.2 Å². The van der Waals surface area contributed by atoms with E-state index < -0.39 is 5.97 Å². The minimum atomic E-state index is -0.939. The summed E-state index contributed by atoms with van der Waals surface area (Å²) < 4.78 is 3.71. The van der Waals surface area contributed by atoms with Crippen molar-refractivity contribution in [1.82, 2.24) is 9.13 Å². The number of aryl methyl sites for hydroxylation is 1. The molecule has 0 aliphatic rings. The van der Waals surface area contributed by atoms with E-state index in [0.29, 0.717) is 12.1 Å². The molecule has 0 fully saturated rings. The smallest absolute Gasteiger partial charge is 0.336 e. The normalized spacial score (nSPS) is 11.6. The average Bonchev–Trinajstić information content (AvgIpc) is 3.05. The summed E-state index contributed by atoms with van der Waals surface area (Å²) in [7, 11) is 0. The van der Waals surface area contributed by atoms with Crippen LogP contribution in [0.2, 0.25) is 0 Å². The Kier molecular flexibility index (Phi) is 6.84.